The smallest absolute Gasteiger partial charge is 0.185 e. The number of aryl methyl sites for hydroxylation is 1. The second-order valence-electron chi connectivity index (χ2n) is 5.38. The number of nitrogens with two attached hydrogens (primary N) is 1. The lowest BCUT2D eigenvalue weighted by atomic mass is 9.82. The first-order valence-corrected chi connectivity index (χ1v) is 6.40. The van der Waals surface area contributed by atoms with E-state index in [1.165, 1.54) is 0 Å². The Morgan fingerprint density at radius 3 is 2.79 bits per heavy atom. The minimum Gasteiger partial charge on any atom is -0.399 e. The Morgan fingerprint density at radius 1 is 1.37 bits per heavy atom. The molecule has 2 N–H and O–H groups in total. The third-order valence-electron chi connectivity index (χ3n) is 3.71. The largest absolute Gasteiger partial charge is 0.399 e. The van der Waals surface area contributed by atoms with Crippen molar-refractivity contribution in [1.29, 1.82) is 0 Å². The number of anilines is 1. The molecule has 1 aromatic heterocycles. The molecule has 6 heteroatoms. The SMILES string of the molecule is Cc1cc(N)cc(-c2nnnn2C2CC(C)C2)c1F. The zero-order valence-corrected chi connectivity index (χ0v) is 11.0. The lowest BCUT2D eigenvalue weighted by Crippen LogP contribution is -2.26. The maximum Gasteiger partial charge on any atom is 0.185 e. The number of aromatic nitrogens is 4. The molecule has 19 heavy (non-hydrogen) atoms. The van der Waals surface area contributed by atoms with Crippen LogP contribution in [0.4, 0.5) is 10.1 Å². The summed E-state index contributed by atoms with van der Waals surface area (Å²) in [6.07, 6.45) is 2.06. The second kappa shape index (κ2) is 4.29. The molecule has 1 aliphatic rings. The van der Waals surface area contributed by atoms with Crippen molar-refractivity contribution in [2.24, 2.45) is 5.92 Å². The van der Waals surface area contributed by atoms with Crippen molar-refractivity contribution >= 4 is 5.69 Å². The van der Waals surface area contributed by atoms with Crippen LogP contribution in [0.1, 0.15) is 31.4 Å². The Bertz CT molecular complexity index is 615. The lowest BCUT2D eigenvalue weighted by Gasteiger charge is -2.32. The average molecular weight is 261 g/mol. The highest BCUT2D eigenvalue weighted by Gasteiger charge is 2.31. The molecule has 0 unspecified atom stereocenters. The number of benzene rings is 1. The van der Waals surface area contributed by atoms with E-state index in [1.807, 2.05) is 0 Å². The summed E-state index contributed by atoms with van der Waals surface area (Å²) in [5, 5.41) is 11.6. The van der Waals surface area contributed by atoms with E-state index < -0.39 is 0 Å². The highest BCUT2D eigenvalue weighted by Crippen LogP contribution is 2.39. The molecule has 0 bridgehead atoms. The van der Waals surface area contributed by atoms with Gasteiger partial charge in [0.25, 0.3) is 0 Å². The Hall–Kier alpha value is -1.98. The van der Waals surface area contributed by atoms with E-state index in [-0.39, 0.29) is 11.9 Å². The van der Waals surface area contributed by atoms with Gasteiger partial charge >= 0.3 is 0 Å². The summed E-state index contributed by atoms with van der Waals surface area (Å²) in [4.78, 5) is 0. The third kappa shape index (κ3) is 1.97. The first kappa shape index (κ1) is 12.1. The predicted octanol–water partition coefficient (Wildman–Crippen LogP) is 2.34. The highest BCUT2D eigenvalue weighted by molar-refractivity contribution is 5.63. The number of tetrazole rings is 1. The minimum absolute atomic E-state index is 0.265. The Labute approximate surface area is 110 Å². The van der Waals surface area contributed by atoms with Crippen molar-refractivity contribution in [3.05, 3.63) is 23.5 Å². The summed E-state index contributed by atoms with van der Waals surface area (Å²) in [6.45, 7) is 3.88. The van der Waals surface area contributed by atoms with E-state index in [2.05, 4.69) is 22.4 Å². The van der Waals surface area contributed by atoms with Crippen LogP contribution in [0.25, 0.3) is 11.4 Å². The summed E-state index contributed by atoms with van der Waals surface area (Å²) >= 11 is 0. The number of hydrogen-bond donors (Lipinski definition) is 1. The van der Waals surface area contributed by atoms with Crippen LogP contribution in [0.15, 0.2) is 12.1 Å². The molecule has 0 amide bonds. The van der Waals surface area contributed by atoms with E-state index >= 15 is 0 Å². The Morgan fingerprint density at radius 2 is 2.11 bits per heavy atom. The molecular weight excluding hydrogens is 245 g/mol. The first-order chi connectivity index (χ1) is 9.06. The van der Waals surface area contributed by atoms with Gasteiger partial charge in [-0.3, -0.25) is 0 Å². The molecule has 3 rings (SSSR count). The number of halogens is 1. The summed E-state index contributed by atoms with van der Waals surface area (Å²) in [6, 6.07) is 3.46. The van der Waals surface area contributed by atoms with Crippen molar-refractivity contribution in [3.63, 3.8) is 0 Å². The molecule has 5 nitrogen and oxygen atoms in total. The van der Waals surface area contributed by atoms with Crippen LogP contribution >= 0.6 is 0 Å². The van der Waals surface area contributed by atoms with Gasteiger partial charge in [0.1, 0.15) is 5.82 Å². The van der Waals surface area contributed by atoms with Crippen LogP contribution < -0.4 is 5.73 Å². The van der Waals surface area contributed by atoms with Crippen molar-refractivity contribution in [3.8, 4) is 11.4 Å². The fourth-order valence-electron chi connectivity index (χ4n) is 2.64. The first-order valence-electron chi connectivity index (χ1n) is 6.40. The fraction of sp³-hybridized carbons (Fsp3) is 0.462. The van der Waals surface area contributed by atoms with Gasteiger partial charge in [-0.05, 0) is 53.8 Å². The number of hydrogen-bond acceptors (Lipinski definition) is 4. The number of nitrogens with zero attached hydrogens (tertiary/aromatic N) is 4. The van der Waals surface area contributed by atoms with Crippen LogP contribution in [0.2, 0.25) is 0 Å². The van der Waals surface area contributed by atoms with Gasteiger partial charge in [0.15, 0.2) is 5.82 Å². The van der Waals surface area contributed by atoms with Gasteiger partial charge in [-0.2, -0.15) is 0 Å². The van der Waals surface area contributed by atoms with E-state index in [1.54, 1.807) is 23.7 Å². The zero-order valence-electron chi connectivity index (χ0n) is 11.0. The molecule has 0 saturated heterocycles. The van der Waals surface area contributed by atoms with Gasteiger partial charge in [0.2, 0.25) is 0 Å². The summed E-state index contributed by atoms with van der Waals surface area (Å²) < 4.78 is 15.9. The second-order valence-corrected chi connectivity index (χ2v) is 5.38. The molecule has 1 aromatic carbocycles. The standard InChI is InChI=1S/C13H16FN5/c1-7-3-10(4-7)19-13(16-17-18-19)11-6-9(15)5-8(2)12(11)14/h5-7,10H,3-4,15H2,1-2H3. The molecule has 1 fully saturated rings. The van der Waals surface area contributed by atoms with Crippen LogP contribution in [0, 0.1) is 18.7 Å². The molecule has 0 aliphatic heterocycles. The number of nitrogen functional groups attached to an aromatic ring is 1. The highest BCUT2D eigenvalue weighted by atomic mass is 19.1. The molecule has 0 radical (unpaired) electrons. The lowest BCUT2D eigenvalue weighted by molar-refractivity contribution is 0.199. The molecule has 1 saturated carbocycles. The Balaban J connectivity index is 2.06. The summed E-state index contributed by atoms with van der Waals surface area (Å²) in [5.41, 5.74) is 7.19. The normalized spacial score (nSPS) is 22.3. The Kier molecular flexibility index (Phi) is 2.73. The summed E-state index contributed by atoms with van der Waals surface area (Å²) in [7, 11) is 0. The zero-order chi connectivity index (χ0) is 13.6. The predicted molar refractivity (Wildman–Crippen MR) is 69.8 cm³/mol. The minimum atomic E-state index is -0.308. The third-order valence-corrected chi connectivity index (χ3v) is 3.71. The molecule has 2 aromatic rings. The molecule has 1 aliphatic carbocycles. The van der Waals surface area contributed by atoms with E-state index in [4.69, 9.17) is 5.73 Å². The molecule has 0 atom stereocenters. The van der Waals surface area contributed by atoms with Gasteiger partial charge in [0.05, 0.1) is 11.6 Å². The van der Waals surface area contributed by atoms with E-state index in [9.17, 15) is 4.39 Å². The maximum atomic E-state index is 14.2. The van der Waals surface area contributed by atoms with Crippen LogP contribution in [-0.2, 0) is 0 Å². The monoisotopic (exact) mass is 261 g/mol. The average Bonchev–Trinajstić information content (AvgIpc) is 2.78. The van der Waals surface area contributed by atoms with Gasteiger partial charge in [-0.1, -0.05) is 6.92 Å². The van der Waals surface area contributed by atoms with Crippen LogP contribution in [0.3, 0.4) is 0 Å². The van der Waals surface area contributed by atoms with Crippen LogP contribution in [0.5, 0.6) is 0 Å². The number of rotatable bonds is 2. The van der Waals surface area contributed by atoms with E-state index in [0.717, 1.165) is 12.8 Å². The molecular formula is C13H16FN5. The maximum absolute atomic E-state index is 14.2. The van der Waals surface area contributed by atoms with Crippen LogP contribution in [-0.4, -0.2) is 20.2 Å². The van der Waals surface area contributed by atoms with Gasteiger partial charge < -0.3 is 5.73 Å². The molecule has 100 valence electrons. The topological polar surface area (TPSA) is 69.6 Å². The van der Waals surface area contributed by atoms with Crippen molar-refractivity contribution in [2.45, 2.75) is 32.7 Å². The quantitative estimate of drug-likeness (QED) is 0.842. The summed E-state index contributed by atoms with van der Waals surface area (Å²) in [5.74, 6) is 0.830. The van der Waals surface area contributed by atoms with E-state index in [0.29, 0.717) is 28.6 Å². The van der Waals surface area contributed by atoms with Crippen molar-refractivity contribution in [1.82, 2.24) is 20.2 Å². The van der Waals surface area contributed by atoms with Crippen molar-refractivity contribution in [2.75, 3.05) is 5.73 Å². The van der Waals surface area contributed by atoms with Gasteiger partial charge in [0, 0.05) is 5.69 Å². The molecule has 0 spiro atoms. The van der Waals surface area contributed by atoms with Crippen molar-refractivity contribution < 1.29 is 4.39 Å². The van der Waals surface area contributed by atoms with Gasteiger partial charge in [-0.25, -0.2) is 9.07 Å². The fourth-order valence-corrected chi connectivity index (χ4v) is 2.64. The van der Waals surface area contributed by atoms with Gasteiger partial charge in [-0.15, -0.1) is 5.10 Å². The molecule has 1 heterocycles.